The highest BCUT2D eigenvalue weighted by Crippen LogP contribution is 2.29. The van der Waals surface area contributed by atoms with Crippen LogP contribution < -0.4 is 0 Å². The molecule has 5 rings (SSSR count). The van der Waals surface area contributed by atoms with Crippen LogP contribution in [0.3, 0.4) is 0 Å². The third-order valence-corrected chi connectivity index (χ3v) is 6.90. The molecule has 2 aromatic carbocycles. The van der Waals surface area contributed by atoms with Gasteiger partial charge in [-0.25, -0.2) is 14.2 Å². The van der Waals surface area contributed by atoms with Gasteiger partial charge >= 0.3 is 6.03 Å². The molecule has 0 spiro atoms. The molecule has 0 aliphatic rings. The van der Waals surface area contributed by atoms with Gasteiger partial charge in [0.2, 0.25) is 0 Å². The molecular formula is C30H30FN5O2. The van der Waals surface area contributed by atoms with E-state index in [4.69, 9.17) is 0 Å². The molecule has 0 radical (unpaired) electrons. The summed E-state index contributed by atoms with van der Waals surface area (Å²) in [5, 5.41) is 0.740. The summed E-state index contributed by atoms with van der Waals surface area (Å²) < 4.78 is 17.1. The fourth-order valence-corrected chi connectivity index (χ4v) is 4.88. The van der Waals surface area contributed by atoms with Crippen molar-refractivity contribution in [1.29, 1.82) is 0 Å². The number of hydrogen-bond acceptors (Lipinski definition) is 4. The number of halogens is 1. The minimum Gasteiger partial charge on any atom is -0.330 e. The number of unbranched alkanes of at least 4 members (excludes halogenated alkanes) is 2. The summed E-state index contributed by atoms with van der Waals surface area (Å²) in [6, 6.07) is 13.6. The summed E-state index contributed by atoms with van der Waals surface area (Å²) in [6.45, 7) is 2.82. The molecule has 0 saturated carbocycles. The van der Waals surface area contributed by atoms with E-state index >= 15 is 0 Å². The van der Waals surface area contributed by atoms with Crippen molar-refractivity contribution in [2.75, 3.05) is 14.1 Å². The first kappa shape index (κ1) is 25.3. The number of carbonyl (C=O) groups excluding carboxylic acids is 2. The molecule has 194 valence electrons. The molecule has 0 fully saturated rings. The molecule has 0 N–H and O–H groups in total. The molecule has 7 nitrogen and oxygen atoms in total. The largest absolute Gasteiger partial charge is 0.330 e. The normalized spacial score (nSPS) is 11.4. The van der Waals surface area contributed by atoms with Crippen LogP contribution in [0.25, 0.3) is 33.1 Å². The van der Waals surface area contributed by atoms with Crippen molar-refractivity contribution < 1.29 is 14.0 Å². The predicted octanol–water partition coefficient (Wildman–Crippen LogP) is 6.47. The Morgan fingerprint density at radius 2 is 1.71 bits per heavy atom. The zero-order chi connectivity index (χ0) is 26.8. The first-order valence-corrected chi connectivity index (χ1v) is 12.8. The van der Waals surface area contributed by atoms with E-state index in [2.05, 4.69) is 14.5 Å². The van der Waals surface area contributed by atoms with Crippen LogP contribution in [-0.4, -0.2) is 49.9 Å². The second-order valence-electron chi connectivity index (χ2n) is 9.74. The lowest BCUT2D eigenvalue weighted by Crippen LogP contribution is -2.26. The molecule has 0 atom stereocenters. The van der Waals surface area contributed by atoms with Crippen LogP contribution in [-0.2, 0) is 6.54 Å². The second kappa shape index (κ2) is 10.6. The standard InChI is InChI=1S/C30H30FN5O2/c1-20-33-26-14-15-32-18-28(26)35(20)16-6-4-5-7-29(37)25-19-36(30(38)34(2)3)27-17-22(10-13-24(25)27)21-8-11-23(31)12-9-21/h8-15,17-19H,4-7,16H2,1-3H3. The number of hydrogen-bond donors (Lipinski definition) is 0. The van der Waals surface area contributed by atoms with Gasteiger partial charge in [-0.15, -0.1) is 0 Å². The van der Waals surface area contributed by atoms with E-state index < -0.39 is 0 Å². The highest BCUT2D eigenvalue weighted by Gasteiger charge is 2.20. The van der Waals surface area contributed by atoms with Crippen molar-refractivity contribution in [3.8, 4) is 11.1 Å². The molecule has 8 heteroatoms. The number of nitrogens with zero attached hydrogens (tertiary/aromatic N) is 5. The van der Waals surface area contributed by atoms with Gasteiger partial charge in [0.25, 0.3) is 0 Å². The fourth-order valence-electron chi connectivity index (χ4n) is 4.88. The van der Waals surface area contributed by atoms with Crippen molar-refractivity contribution in [1.82, 2.24) is 24.0 Å². The smallest absolute Gasteiger partial charge is 0.328 e. The van der Waals surface area contributed by atoms with E-state index in [-0.39, 0.29) is 17.6 Å². The molecule has 3 aromatic heterocycles. The zero-order valence-corrected chi connectivity index (χ0v) is 21.8. The highest BCUT2D eigenvalue weighted by atomic mass is 19.1. The van der Waals surface area contributed by atoms with Gasteiger partial charge in [-0.2, -0.15) is 0 Å². The summed E-state index contributed by atoms with van der Waals surface area (Å²) in [5.41, 5.74) is 4.86. The lowest BCUT2D eigenvalue weighted by molar-refractivity contribution is 0.0980. The summed E-state index contributed by atoms with van der Waals surface area (Å²) in [6.07, 6.45) is 8.22. The molecule has 5 aromatic rings. The van der Waals surface area contributed by atoms with E-state index in [1.807, 2.05) is 37.4 Å². The van der Waals surface area contributed by atoms with Gasteiger partial charge in [-0.3, -0.25) is 14.3 Å². The maximum atomic E-state index is 13.4. The van der Waals surface area contributed by atoms with E-state index in [0.717, 1.165) is 59.2 Å². The van der Waals surface area contributed by atoms with Crippen molar-refractivity contribution >= 4 is 33.8 Å². The number of aromatic nitrogens is 4. The Labute approximate surface area is 220 Å². The quantitative estimate of drug-likeness (QED) is 0.177. The van der Waals surface area contributed by atoms with Crippen LogP contribution in [0.5, 0.6) is 0 Å². The van der Waals surface area contributed by atoms with Crippen molar-refractivity contribution in [2.45, 2.75) is 39.2 Å². The number of benzene rings is 2. The average Bonchev–Trinajstić information content (AvgIpc) is 3.45. The highest BCUT2D eigenvalue weighted by molar-refractivity contribution is 6.10. The minimum atomic E-state index is -0.306. The van der Waals surface area contributed by atoms with E-state index in [9.17, 15) is 14.0 Å². The summed E-state index contributed by atoms with van der Waals surface area (Å²) in [4.78, 5) is 36.5. The molecule has 0 bridgehead atoms. The number of ketones is 1. The Morgan fingerprint density at radius 3 is 2.47 bits per heavy atom. The first-order valence-electron chi connectivity index (χ1n) is 12.8. The summed E-state index contributed by atoms with van der Waals surface area (Å²) in [5.74, 6) is 0.671. The van der Waals surface area contributed by atoms with Crippen molar-refractivity contribution in [2.24, 2.45) is 0 Å². The monoisotopic (exact) mass is 511 g/mol. The van der Waals surface area contributed by atoms with E-state index in [0.29, 0.717) is 17.5 Å². The van der Waals surface area contributed by atoms with Crippen LogP contribution in [0, 0.1) is 12.7 Å². The molecule has 38 heavy (non-hydrogen) atoms. The van der Waals surface area contributed by atoms with Crippen LogP contribution in [0.1, 0.15) is 41.9 Å². The third-order valence-electron chi connectivity index (χ3n) is 6.90. The Hall–Kier alpha value is -4.33. The topological polar surface area (TPSA) is 73.0 Å². The predicted molar refractivity (Wildman–Crippen MR) is 147 cm³/mol. The average molecular weight is 512 g/mol. The second-order valence-corrected chi connectivity index (χ2v) is 9.74. The maximum Gasteiger partial charge on any atom is 0.328 e. The number of carbonyl (C=O) groups is 2. The number of Topliss-reactive ketones (excluding diaryl/α,β-unsaturated/α-hetero) is 1. The number of fused-ring (bicyclic) bond motifs is 2. The fraction of sp³-hybridized carbons (Fsp3) is 0.267. The SMILES string of the molecule is Cc1nc2ccncc2n1CCCCCC(=O)c1cn(C(=O)N(C)C)c2cc(-c3ccc(F)cc3)ccc12. The van der Waals surface area contributed by atoms with E-state index in [1.54, 1.807) is 38.6 Å². The lowest BCUT2D eigenvalue weighted by atomic mass is 10.0. The lowest BCUT2D eigenvalue weighted by Gasteiger charge is -2.12. The van der Waals surface area contributed by atoms with Gasteiger partial charge in [0.05, 0.1) is 22.7 Å². The number of pyridine rings is 1. The van der Waals surface area contributed by atoms with Gasteiger partial charge in [-0.05, 0) is 55.2 Å². The number of imidazole rings is 1. The van der Waals surface area contributed by atoms with Gasteiger partial charge in [0, 0.05) is 50.4 Å². The molecule has 3 heterocycles. The molecular weight excluding hydrogens is 481 g/mol. The number of rotatable bonds is 8. The van der Waals surface area contributed by atoms with E-state index in [1.165, 1.54) is 21.6 Å². The van der Waals surface area contributed by atoms with Crippen LogP contribution in [0.15, 0.2) is 67.1 Å². The summed E-state index contributed by atoms with van der Waals surface area (Å²) >= 11 is 0. The Kier molecular flexibility index (Phi) is 7.05. The van der Waals surface area contributed by atoms with Gasteiger partial charge in [0.15, 0.2) is 5.78 Å². The Morgan fingerprint density at radius 1 is 0.947 bits per heavy atom. The van der Waals surface area contributed by atoms with Crippen molar-refractivity contribution in [3.63, 3.8) is 0 Å². The first-order chi connectivity index (χ1) is 18.3. The van der Waals surface area contributed by atoms with Crippen molar-refractivity contribution in [3.05, 3.63) is 84.3 Å². The Bertz CT molecular complexity index is 1630. The molecule has 0 unspecified atom stereocenters. The van der Waals surface area contributed by atoms with Gasteiger partial charge < -0.3 is 9.47 Å². The van der Waals surface area contributed by atoms with Gasteiger partial charge in [-0.1, -0.05) is 30.7 Å². The Balaban J connectivity index is 1.31. The number of aryl methyl sites for hydroxylation is 2. The van der Waals surface area contributed by atoms with Gasteiger partial charge in [0.1, 0.15) is 11.6 Å². The number of amides is 1. The maximum absolute atomic E-state index is 13.4. The molecule has 1 amide bonds. The molecule has 0 saturated heterocycles. The third kappa shape index (κ3) is 4.94. The van der Waals surface area contributed by atoms with Crippen LogP contribution in [0.2, 0.25) is 0 Å². The molecule has 0 aliphatic carbocycles. The molecule has 0 aliphatic heterocycles. The minimum absolute atomic E-state index is 0.0169. The van der Waals surface area contributed by atoms with Crippen LogP contribution >= 0.6 is 0 Å². The van der Waals surface area contributed by atoms with Crippen LogP contribution in [0.4, 0.5) is 9.18 Å². The zero-order valence-electron chi connectivity index (χ0n) is 21.8. The summed E-state index contributed by atoms with van der Waals surface area (Å²) in [7, 11) is 3.36.